The molecule has 0 aliphatic rings. The van der Waals surface area contributed by atoms with Crippen molar-refractivity contribution in [3.8, 4) is 9.88 Å². The van der Waals surface area contributed by atoms with E-state index in [-0.39, 0.29) is 12.0 Å². The second-order valence-electron chi connectivity index (χ2n) is 4.52. The molecule has 0 aliphatic carbocycles. The van der Waals surface area contributed by atoms with Crippen LogP contribution in [0.5, 0.6) is 0 Å². The summed E-state index contributed by atoms with van der Waals surface area (Å²) < 4.78 is 0. The zero-order valence-electron chi connectivity index (χ0n) is 11.5. The number of amides is 1. The first-order valence-corrected chi connectivity index (χ1v) is 8.29. The average molecular weight is 310 g/mol. The summed E-state index contributed by atoms with van der Waals surface area (Å²) in [5.74, 6) is -0.105. The van der Waals surface area contributed by atoms with E-state index in [1.165, 1.54) is 11.3 Å². The second kappa shape index (κ2) is 6.97. The van der Waals surface area contributed by atoms with Gasteiger partial charge in [0.15, 0.2) is 0 Å². The molecular formula is C14H18N2O2S2. The number of aryl methyl sites for hydroxylation is 1. The number of carbonyl (C=O) groups is 1. The molecule has 0 aliphatic heterocycles. The van der Waals surface area contributed by atoms with E-state index < -0.39 is 0 Å². The molecule has 0 spiro atoms. The smallest absolute Gasteiger partial charge is 0.263 e. The zero-order chi connectivity index (χ0) is 14.5. The minimum absolute atomic E-state index is 0.105. The van der Waals surface area contributed by atoms with Gasteiger partial charge in [0.25, 0.3) is 5.91 Å². The van der Waals surface area contributed by atoms with E-state index >= 15 is 0 Å². The van der Waals surface area contributed by atoms with E-state index in [0.717, 1.165) is 15.6 Å². The molecule has 2 N–H and O–H groups in total. The van der Waals surface area contributed by atoms with E-state index in [0.29, 0.717) is 24.3 Å². The molecular weight excluding hydrogens is 292 g/mol. The lowest BCUT2D eigenvalue weighted by molar-refractivity contribution is 0.0945. The number of aromatic nitrogens is 1. The van der Waals surface area contributed by atoms with Crippen molar-refractivity contribution in [2.45, 2.75) is 32.8 Å². The summed E-state index contributed by atoms with van der Waals surface area (Å²) in [5.41, 5.74) is 0.756. The number of carbonyl (C=O) groups excluding carboxylic acids is 1. The van der Waals surface area contributed by atoms with Crippen LogP contribution >= 0.6 is 22.7 Å². The molecule has 1 amide bonds. The molecule has 1 atom stereocenters. The zero-order valence-corrected chi connectivity index (χ0v) is 13.2. The van der Waals surface area contributed by atoms with Crippen molar-refractivity contribution < 1.29 is 9.90 Å². The molecule has 2 aromatic rings. The predicted octanol–water partition coefficient (Wildman–Crippen LogP) is 3.07. The van der Waals surface area contributed by atoms with Gasteiger partial charge >= 0.3 is 0 Å². The lowest BCUT2D eigenvalue weighted by Crippen LogP contribution is -2.26. The van der Waals surface area contributed by atoms with Crippen molar-refractivity contribution in [3.05, 3.63) is 28.1 Å². The minimum Gasteiger partial charge on any atom is -0.393 e. The van der Waals surface area contributed by atoms with Crippen LogP contribution in [0.1, 0.15) is 35.1 Å². The Bertz CT molecular complexity index is 564. The molecule has 20 heavy (non-hydrogen) atoms. The van der Waals surface area contributed by atoms with Gasteiger partial charge in [-0.2, -0.15) is 0 Å². The highest BCUT2D eigenvalue weighted by Gasteiger charge is 2.16. The molecule has 2 aromatic heterocycles. The van der Waals surface area contributed by atoms with Gasteiger partial charge in [0.2, 0.25) is 0 Å². The highest BCUT2D eigenvalue weighted by Crippen LogP contribution is 2.30. The molecule has 0 saturated heterocycles. The van der Waals surface area contributed by atoms with Crippen LogP contribution < -0.4 is 5.32 Å². The molecule has 0 bridgehead atoms. The van der Waals surface area contributed by atoms with E-state index in [9.17, 15) is 9.90 Å². The third kappa shape index (κ3) is 3.65. The summed E-state index contributed by atoms with van der Waals surface area (Å²) in [6.45, 7) is 4.26. The van der Waals surface area contributed by atoms with Crippen LogP contribution in [0.2, 0.25) is 0 Å². The quantitative estimate of drug-likeness (QED) is 0.862. The van der Waals surface area contributed by atoms with Gasteiger partial charge in [-0.1, -0.05) is 13.0 Å². The Hall–Kier alpha value is -1.24. The Morgan fingerprint density at radius 2 is 2.35 bits per heavy atom. The first-order chi connectivity index (χ1) is 9.61. The van der Waals surface area contributed by atoms with Gasteiger partial charge in [-0.05, 0) is 31.2 Å². The summed E-state index contributed by atoms with van der Waals surface area (Å²) in [6, 6.07) is 3.98. The lowest BCUT2D eigenvalue weighted by atomic mass is 10.2. The maximum absolute atomic E-state index is 12.1. The standard InChI is InChI=1S/C14H18N2O2S2/c1-3-10(17)6-7-15-13(18)12-9(2)16-14(20-12)11-5-4-8-19-11/h4-5,8,10,17H,3,6-7H2,1-2H3,(H,15,18). The van der Waals surface area contributed by atoms with Gasteiger partial charge < -0.3 is 10.4 Å². The highest BCUT2D eigenvalue weighted by molar-refractivity contribution is 7.22. The molecule has 0 saturated carbocycles. The Kier molecular flexibility index (Phi) is 5.28. The molecule has 108 valence electrons. The lowest BCUT2D eigenvalue weighted by Gasteiger charge is -2.08. The Morgan fingerprint density at radius 1 is 1.55 bits per heavy atom. The molecule has 2 heterocycles. The molecule has 0 radical (unpaired) electrons. The van der Waals surface area contributed by atoms with Crippen molar-refractivity contribution >= 4 is 28.6 Å². The summed E-state index contributed by atoms with van der Waals surface area (Å²) in [6.07, 6.45) is 0.940. The van der Waals surface area contributed by atoms with Crippen molar-refractivity contribution in [3.63, 3.8) is 0 Å². The average Bonchev–Trinajstić information content (AvgIpc) is 3.07. The van der Waals surface area contributed by atoms with Crippen molar-refractivity contribution in [1.29, 1.82) is 0 Å². The number of thiazole rings is 1. The fourth-order valence-electron chi connectivity index (χ4n) is 1.75. The molecule has 1 unspecified atom stereocenters. The number of aliphatic hydroxyl groups is 1. The Morgan fingerprint density at radius 3 is 3.00 bits per heavy atom. The maximum atomic E-state index is 12.1. The number of rotatable bonds is 6. The number of thiophene rings is 1. The maximum Gasteiger partial charge on any atom is 0.263 e. The monoisotopic (exact) mass is 310 g/mol. The number of aliphatic hydroxyl groups excluding tert-OH is 1. The van der Waals surface area contributed by atoms with Crippen molar-refractivity contribution in [2.24, 2.45) is 0 Å². The van der Waals surface area contributed by atoms with Crippen LogP contribution in [0.3, 0.4) is 0 Å². The fourth-order valence-corrected chi connectivity index (χ4v) is 3.53. The van der Waals surface area contributed by atoms with Crippen LogP contribution in [0.25, 0.3) is 9.88 Å². The van der Waals surface area contributed by atoms with Gasteiger partial charge in [0.1, 0.15) is 9.88 Å². The first-order valence-electron chi connectivity index (χ1n) is 6.59. The summed E-state index contributed by atoms with van der Waals surface area (Å²) in [7, 11) is 0. The highest BCUT2D eigenvalue weighted by atomic mass is 32.1. The van der Waals surface area contributed by atoms with E-state index in [4.69, 9.17) is 0 Å². The van der Waals surface area contributed by atoms with Gasteiger partial charge in [-0.15, -0.1) is 22.7 Å². The van der Waals surface area contributed by atoms with Crippen LogP contribution in [0, 0.1) is 6.92 Å². The summed E-state index contributed by atoms with van der Waals surface area (Å²) in [4.78, 5) is 18.3. The first kappa shape index (κ1) is 15.2. The fraction of sp³-hybridized carbons (Fsp3) is 0.429. The van der Waals surface area contributed by atoms with Crippen molar-refractivity contribution in [1.82, 2.24) is 10.3 Å². The largest absolute Gasteiger partial charge is 0.393 e. The van der Waals surface area contributed by atoms with Crippen LogP contribution in [0.4, 0.5) is 0 Å². The van der Waals surface area contributed by atoms with Crippen molar-refractivity contribution in [2.75, 3.05) is 6.54 Å². The Labute approximate surface area is 126 Å². The number of nitrogens with one attached hydrogen (secondary N) is 1. The Balaban J connectivity index is 2.00. The molecule has 2 rings (SSSR count). The number of hydrogen-bond donors (Lipinski definition) is 2. The molecule has 6 heteroatoms. The number of nitrogens with zero attached hydrogens (tertiary/aromatic N) is 1. The second-order valence-corrected chi connectivity index (χ2v) is 6.46. The van der Waals surface area contributed by atoms with Gasteiger partial charge in [0.05, 0.1) is 16.7 Å². The van der Waals surface area contributed by atoms with E-state index in [1.54, 1.807) is 11.3 Å². The van der Waals surface area contributed by atoms with Crippen LogP contribution in [-0.4, -0.2) is 28.6 Å². The van der Waals surface area contributed by atoms with Gasteiger partial charge in [-0.3, -0.25) is 4.79 Å². The molecule has 0 aromatic carbocycles. The van der Waals surface area contributed by atoms with Gasteiger partial charge in [0, 0.05) is 6.54 Å². The van der Waals surface area contributed by atoms with E-state index in [2.05, 4.69) is 10.3 Å². The third-order valence-electron chi connectivity index (χ3n) is 2.97. The van der Waals surface area contributed by atoms with Crippen LogP contribution in [0.15, 0.2) is 17.5 Å². The van der Waals surface area contributed by atoms with E-state index in [1.807, 2.05) is 31.4 Å². The minimum atomic E-state index is -0.348. The topological polar surface area (TPSA) is 62.2 Å². The number of hydrogen-bond acceptors (Lipinski definition) is 5. The summed E-state index contributed by atoms with van der Waals surface area (Å²) in [5, 5.41) is 15.2. The molecule has 0 fully saturated rings. The normalized spacial score (nSPS) is 12.3. The molecule has 4 nitrogen and oxygen atoms in total. The summed E-state index contributed by atoms with van der Waals surface area (Å²) >= 11 is 3.03. The van der Waals surface area contributed by atoms with Crippen LogP contribution in [-0.2, 0) is 0 Å². The predicted molar refractivity (Wildman–Crippen MR) is 83.4 cm³/mol. The van der Waals surface area contributed by atoms with Gasteiger partial charge in [-0.25, -0.2) is 4.98 Å². The third-order valence-corrected chi connectivity index (χ3v) is 5.16. The SMILES string of the molecule is CCC(O)CCNC(=O)c1sc(-c2cccs2)nc1C.